The van der Waals surface area contributed by atoms with Crippen molar-refractivity contribution in [2.75, 3.05) is 0 Å². The normalized spacial score (nSPS) is 28.0. The number of rotatable bonds is 2. The maximum atomic E-state index is 14.3. The highest BCUT2D eigenvalue weighted by atomic mass is 19.1. The Kier molecular flexibility index (Phi) is 3.94. The third-order valence-corrected chi connectivity index (χ3v) is 6.10. The van der Waals surface area contributed by atoms with Crippen molar-refractivity contribution < 1.29 is 18.6 Å². The minimum Gasteiger partial charge on any atom is -0.505 e. The Morgan fingerprint density at radius 1 is 1.12 bits per heavy atom. The van der Waals surface area contributed by atoms with Gasteiger partial charge in [0, 0.05) is 11.8 Å². The van der Waals surface area contributed by atoms with Gasteiger partial charge in [0.05, 0.1) is 0 Å². The number of para-hydroxylation sites is 2. The van der Waals surface area contributed by atoms with Gasteiger partial charge in [-0.2, -0.15) is 0 Å². The Hall–Kier alpha value is -2.10. The van der Waals surface area contributed by atoms with Crippen LogP contribution in [0.25, 0.3) is 0 Å². The molecule has 2 aromatic carbocycles. The number of halogens is 2. The summed E-state index contributed by atoms with van der Waals surface area (Å²) in [6.07, 6.45) is 4.36. The average molecular weight is 344 g/mol. The smallest absolute Gasteiger partial charge is 0.165 e. The second-order valence-corrected chi connectivity index (χ2v) is 7.49. The first-order valence-electron chi connectivity index (χ1n) is 8.92. The van der Waals surface area contributed by atoms with E-state index in [0.29, 0.717) is 23.7 Å². The van der Waals surface area contributed by atoms with Crippen molar-refractivity contribution in [3.8, 4) is 11.5 Å². The third kappa shape index (κ3) is 2.68. The van der Waals surface area contributed by atoms with Crippen LogP contribution in [0.3, 0.4) is 0 Å². The van der Waals surface area contributed by atoms with Crippen molar-refractivity contribution in [2.24, 2.45) is 11.8 Å². The lowest BCUT2D eigenvalue weighted by molar-refractivity contribution is -0.0712. The lowest BCUT2D eigenvalue weighted by atomic mass is 9.64. The fourth-order valence-electron chi connectivity index (χ4n) is 4.60. The Morgan fingerprint density at radius 2 is 1.88 bits per heavy atom. The van der Waals surface area contributed by atoms with Gasteiger partial charge in [-0.1, -0.05) is 30.7 Å². The molecule has 2 nitrogen and oxygen atoms in total. The van der Waals surface area contributed by atoms with E-state index in [4.69, 9.17) is 4.74 Å². The fourth-order valence-corrected chi connectivity index (χ4v) is 4.60. The van der Waals surface area contributed by atoms with Crippen molar-refractivity contribution in [3.05, 3.63) is 59.2 Å². The van der Waals surface area contributed by atoms with Gasteiger partial charge in [0.2, 0.25) is 0 Å². The van der Waals surface area contributed by atoms with Crippen LogP contribution in [0.15, 0.2) is 36.4 Å². The number of hydrogen-bond donors (Lipinski definition) is 1. The second-order valence-electron chi connectivity index (χ2n) is 7.49. The predicted molar refractivity (Wildman–Crippen MR) is 91.7 cm³/mol. The Labute approximate surface area is 146 Å². The summed E-state index contributed by atoms with van der Waals surface area (Å²) >= 11 is 0. The lowest BCUT2D eigenvalue weighted by Crippen LogP contribution is -2.54. The van der Waals surface area contributed by atoms with Crippen molar-refractivity contribution in [3.63, 3.8) is 0 Å². The van der Waals surface area contributed by atoms with E-state index in [2.05, 4.69) is 0 Å². The number of phenols is 1. The van der Waals surface area contributed by atoms with Gasteiger partial charge in [0.1, 0.15) is 5.60 Å². The molecule has 0 bridgehead atoms. The van der Waals surface area contributed by atoms with Gasteiger partial charge in [-0.05, 0) is 55.9 Å². The summed E-state index contributed by atoms with van der Waals surface area (Å²) < 4.78 is 34.2. The molecule has 1 heterocycles. The third-order valence-electron chi connectivity index (χ3n) is 6.10. The van der Waals surface area contributed by atoms with Crippen molar-refractivity contribution in [1.82, 2.24) is 0 Å². The summed E-state index contributed by atoms with van der Waals surface area (Å²) in [5.74, 6) is -0.443. The molecule has 1 aliphatic carbocycles. The van der Waals surface area contributed by atoms with Crippen molar-refractivity contribution in [1.29, 1.82) is 0 Å². The summed E-state index contributed by atoms with van der Waals surface area (Å²) in [4.78, 5) is 0. The zero-order valence-corrected chi connectivity index (χ0v) is 14.3. The van der Waals surface area contributed by atoms with Gasteiger partial charge in [-0.15, -0.1) is 0 Å². The predicted octanol–water partition coefficient (Wildman–Crippen LogP) is 5.02. The fraction of sp³-hybridized carbons (Fsp3) is 0.429. The SMILES string of the molecule is C[C@]12Oc3c(F)cccc3C[C@H]1CCC[C@@H]2Cc1cccc(F)c1O. The number of hydrogen-bond acceptors (Lipinski definition) is 2. The molecule has 132 valence electrons. The van der Waals surface area contributed by atoms with Crippen molar-refractivity contribution >= 4 is 0 Å². The summed E-state index contributed by atoms with van der Waals surface area (Å²) in [6.45, 7) is 2.05. The molecule has 1 N–H and O–H groups in total. The van der Waals surface area contributed by atoms with E-state index >= 15 is 0 Å². The molecule has 1 saturated carbocycles. The second kappa shape index (κ2) is 6.01. The van der Waals surface area contributed by atoms with Crippen LogP contribution in [0.4, 0.5) is 8.78 Å². The standard InChI is InChI=1S/C21H22F2O2/c1-21-15(11-13-5-2-9-17(22)19(13)24)7-4-8-16(21)12-14-6-3-10-18(23)20(14)25-21/h2-3,5-6,9-10,15-16,24H,4,7-8,11-12H2,1H3/t15-,16-,21-/m1/s1. The molecule has 4 heteroatoms. The summed E-state index contributed by atoms with van der Waals surface area (Å²) in [6, 6.07) is 9.71. The van der Waals surface area contributed by atoms with Crippen LogP contribution in [0.1, 0.15) is 37.3 Å². The van der Waals surface area contributed by atoms with Crippen LogP contribution in [-0.2, 0) is 12.8 Å². The molecule has 3 atom stereocenters. The molecular weight excluding hydrogens is 322 g/mol. The van der Waals surface area contributed by atoms with Crippen LogP contribution >= 0.6 is 0 Å². The summed E-state index contributed by atoms with van der Waals surface area (Å²) in [5, 5.41) is 10.0. The van der Waals surface area contributed by atoms with E-state index in [0.717, 1.165) is 31.2 Å². The zero-order chi connectivity index (χ0) is 17.6. The van der Waals surface area contributed by atoms with Crippen LogP contribution in [-0.4, -0.2) is 10.7 Å². The molecule has 2 aromatic rings. The number of phenolic OH excluding ortho intramolecular Hbond substituents is 1. The first-order chi connectivity index (χ1) is 12.0. The molecule has 4 rings (SSSR count). The molecule has 2 aliphatic rings. The summed E-state index contributed by atoms with van der Waals surface area (Å²) in [5.41, 5.74) is 1.01. The number of ether oxygens (including phenoxy) is 1. The first-order valence-corrected chi connectivity index (χ1v) is 8.92. The van der Waals surface area contributed by atoms with Gasteiger partial charge in [0.25, 0.3) is 0 Å². The largest absolute Gasteiger partial charge is 0.505 e. The Balaban J connectivity index is 1.68. The van der Waals surface area contributed by atoms with Crippen molar-refractivity contribution in [2.45, 2.75) is 44.6 Å². The van der Waals surface area contributed by atoms with E-state index in [-0.39, 0.29) is 17.5 Å². The highest BCUT2D eigenvalue weighted by Gasteiger charge is 2.49. The van der Waals surface area contributed by atoms with E-state index in [1.807, 2.05) is 13.0 Å². The van der Waals surface area contributed by atoms with Crippen LogP contribution in [0, 0.1) is 23.5 Å². The highest BCUT2D eigenvalue weighted by Crippen LogP contribution is 2.49. The maximum Gasteiger partial charge on any atom is 0.165 e. The van der Waals surface area contributed by atoms with E-state index in [1.165, 1.54) is 12.1 Å². The van der Waals surface area contributed by atoms with Gasteiger partial charge >= 0.3 is 0 Å². The van der Waals surface area contributed by atoms with E-state index < -0.39 is 11.4 Å². The Bertz CT molecular complexity index is 804. The Morgan fingerprint density at radius 3 is 2.72 bits per heavy atom. The van der Waals surface area contributed by atoms with Gasteiger partial charge in [0.15, 0.2) is 23.1 Å². The highest BCUT2D eigenvalue weighted by molar-refractivity contribution is 5.39. The molecular formula is C21H22F2O2. The minimum atomic E-state index is -0.601. The van der Waals surface area contributed by atoms with Crippen LogP contribution < -0.4 is 4.74 Å². The number of fused-ring (bicyclic) bond motifs is 2. The number of aromatic hydroxyl groups is 1. The molecule has 0 unspecified atom stereocenters. The lowest BCUT2D eigenvalue weighted by Gasteiger charge is -2.50. The molecule has 25 heavy (non-hydrogen) atoms. The van der Waals surface area contributed by atoms with Gasteiger partial charge in [-0.25, -0.2) is 8.78 Å². The molecule has 0 radical (unpaired) electrons. The number of benzene rings is 2. The average Bonchev–Trinajstić information content (AvgIpc) is 2.59. The zero-order valence-electron chi connectivity index (χ0n) is 14.3. The van der Waals surface area contributed by atoms with Gasteiger partial charge in [-0.3, -0.25) is 0 Å². The monoisotopic (exact) mass is 344 g/mol. The summed E-state index contributed by atoms with van der Waals surface area (Å²) in [7, 11) is 0. The van der Waals surface area contributed by atoms with Crippen LogP contribution in [0.2, 0.25) is 0 Å². The van der Waals surface area contributed by atoms with E-state index in [1.54, 1.807) is 18.2 Å². The quantitative estimate of drug-likeness (QED) is 0.828. The minimum absolute atomic E-state index is 0.103. The molecule has 0 saturated heterocycles. The molecule has 0 aromatic heterocycles. The maximum absolute atomic E-state index is 14.3. The topological polar surface area (TPSA) is 29.5 Å². The molecule has 0 amide bonds. The first kappa shape index (κ1) is 16.4. The molecule has 1 aliphatic heterocycles. The van der Waals surface area contributed by atoms with Crippen LogP contribution in [0.5, 0.6) is 11.5 Å². The molecule has 0 spiro atoms. The molecule has 1 fully saturated rings. The van der Waals surface area contributed by atoms with Gasteiger partial charge < -0.3 is 9.84 Å². The van der Waals surface area contributed by atoms with E-state index in [9.17, 15) is 13.9 Å².